The summed E-state index contributed by atoms with van der Waals surface area (Å²) in [7, 11) is 0. The zero-order valence-corrected chi connectivity index (χ0v) is 9.23. The molecule has 0 unspecified atom stereocenters. The van der Waals surface area contributed by atoms with Gasteiger partial charge in [-0.05, 0) is 31.1 Å². The second-order valence-electron chi connectivity index (χ2n) is 3.30. The van der Waals surface area contributed by atoms with Gasteiger partial charge in [0.1, 0.15) is 5.69 Å². The van der Waals surface area contributed by atoms with Crippen LogP contribution in [0.2, 0.25) is 0 Å². The van der Waals surface area contributed by atoms with Gasteiger partial charge in [-0.1, -0.05) is 13.3 Å². The molecule has 80 valence electrons. The van der Waals surface area contributed by atoms with Crippen LogP contribution in [0.4, 0.5) is 0 Å². The van der Waals surface area contributed by atoms with Gasteiger partial charge >= 0.3 is 0 Å². The van der Waals surface area contributed by atoms with Crippen molar-refractivity contribution in [3.8, 4) is 11.6 Å². The molecule has 0 radical (unpaired) electrons. The molecule has 0 amide bonds. The van der Waals surface area contributed by atoms with Crippen LogP contribution in [-0.4, -0.2) is 20.4 Å². The summed E-state index contributed by atoms with van der Waals surface area (Å²) in [5.74, 6) is 0.430. The van der Waals surface area contributed by atoms with Crippen LogP contribution in [0.15, 0.2) is 10.5 Å². The topological polar surface area (TPSA) is 70.5 Å². The molecule has 0 aliphatic heterocycles. The minimum Gasteiger partial charge on any atom is -0.408 e. The summed E-state index contributed by atoms with van der Waals surface area (Å²) in [6.07, 6.45) is 3.30. The number of rotatable bonds is 4. The highest BCUT2D eigenvalue weighted by molar-refractivity contribution is 7.71. The van der Waals surface area contributed by atoms with Crippen molar-refractivity contribution < 1.29 is 4.42 Å². The second-order valence-corrected chi connectivity index (χ2v) is 3.67. The van der Waals surface area contributed by atoms with Crippen molar-refractivity contribution in [3.63, 3.8) is 0 Å². The van der Waals surface area contributed by atoms with E-state index in [1.807, 2.05) is 6.07 Å². The standard InChI is InChI=1S/C9H12N4OS/c1-2-3-4-6-5-7(11-10-6)8-12-13-9(15)14-8/h5H,2-4H2,1H3,(H,10,11)(H,13,15). The van der Waals surface area contributed by atoms with Gasteiger partial charge in [-0.25, -0.2) is 5.10 Å². The Morgan fingerprint density at radius 1 is 1.40 bits per heavy atom. The first-order chi connectivity index (χ1) is 7.29. The smallest absolute Gasteiger partial charge is 0.284 e. The third-order valence-corrected chi connectivity index (χ3v) is 2.26. The Hall–Kier alpha value is -1.43. The highest BCUT2D eigenvalue weighted by Crippen LogP contribution is 2.15. The van der Waals surface area contributed by atoms with Crippen molar-refractivity contribution in [1.29, 1.82) is 0 Å². The maximum atomic E-state index is 5.15. The number of aromatic nitrogens is 4. The Morgan fingerprint density at radius 2 is 2.27 bits per heavy atom. The van der Waals surface area contributed by atoms with Crippen molar-refractivity contribution in [3.05, 3.63) is 16.6 Å². The Labute approximate surface area is 91.9 Å². The van der Waals surface area contributed by atoms with Crippen LogP contribution < -0.4 is 0 Å². The Kier molecular flexibility index (Phi) is 2.96. The van der Waals surface area contributed by atoms with Gasteiger partial charge in [0.25, 0.3) is 10.7 Å². The summed E-state index contributed by atoms with van der Waals surface area (Å²) in [4.78, 5) is 0.267. The molecule has 2 aromatic rings. The predicted molar refractivity (Wildman–Crippen MR) is 57.9 cm³/mol. The van der Waals surface area contributed by atoms with Crippen LogP contribution in [0.25, 0.3) is 11.6 Å². The molecule has 0 atom stereocenters. The van der Waals surface area contributed by atoms with Crippen LogP contribution >= 0.6 is 12.2 Å². The Morgan fingerprint density at radius 3 is 2.93 bits per heavy atom. The van der Waals surface area contributed by atoms with Crippen molar-refractivity contribution in [2.24, 2.45) is 0 Å². The zero-order valence-electron chi connectivity index (χ0n) is 8.41. The quantitative estimate of drug-likeness (QED) is 0.783. The van der Waals surface area contributed by atoms with E-state index in [2.05, 4.69) is 27.3 Å². The van der Waals surface area contributed by atoms with E-state index in [9.17, 15) is 0 Å². The lowest BCUT2D eigenvalue weighted by Gasteiger charge is -1.90. The lowest BCUT2D eigenvalue weighted by Crippen LogP contribution is -1.83. The first-order valence-corrected chi connectivity index (χ1v) is 5.30. The zero-order chi connectivity index (χ0) is 10.7. The highest BCUT2D eigenvalue weighted by atomic mass is 32.1. The molecule has 2 N–H and O–H groups in total. The number of H-pyrrole nitrogens is 2. The van der Waals surface area contributed by atoms with Gasteiger partial charge in [0.2, 0.25) is 0 Å². The van der Waals surface area contributed by atoms with E-state index >= 15 is 0 Å². The second kappa shape index (κ2) is 4.39. The monoisotopic (exact) mass is 224 g/mol. The minimum absolute atomic E-state index is 0.267. The number of aryl methyl sites for hydroxylation is 1. The minimum atomic E-state index is 0.267. The van der Waals surface area contributed by atoms with Gasteiger partial charge in [-0.2, -0.15) is 5.10 Å². The number of hydrogen-bond acceptors (Lipinski definition) is 4. The normalized spacial score (nSPS) is 10.7. The van der Waals surface area contributed by atoms with Crippen LogP contribution in [-0.2, 0) is 6.42 Å². The van der Waals surface area contributed by atoms with Crippen LogP contribution in [0.1, 0.15) is 25.5 Å². The number of unbranched alkanes of at least 4 members (excludes halogenated alkanes) is 1. The predicted octanol–water partition coefficient (Wildman–Crippen LogP) is 2.46. The van der Waals surface area contributed by atoms with Gasteiger partial charge < -0.3 is 4.42 Å². The summed E-state index contributed by atoms with van der Waals surface area (Å²) >= 11 is 4.79. The molecule has 2 aromatic heterocycles. The van der Waals surface area contributed by atoms with Crippen LogP contribution in [0.5, 0.6) is 0 Å². The summed E-state index contributed by atoms with van der Waals surface area (Å²) < 4.78 is 5.15. The van der Waals surface area contributed by atoms with Crippen LogP contribution in [0.3, 0.4) is 0 Å². The fourth-order valence-electron chi connectivity index (χ4n) is 1.31. The molecule has 0 fully saturated rings. The van der Waals surface area contributed by atoms with Crippen molar-refractivity contribution >= 4 is 12.2 Å². The first kappa shape index (κ1) is 10.1. The average molecular weight is 224 g/mol. The maximum absolute atomic E-state index is 5.15. The Balaban J connectivity index is 2.16. The van der Waals surface area contributed by atoms with Crippen molar-refractivity contribution in [2.45, 2.75) is 26.2 Å². The molecule has 0 saturated carbocycles. The third-order valence-electron chi connectivity index (χ3n) is 2.09. The molecule has 0 aliphatic rings. The molecule has 0 bridgehead atoms. The number of hydrogen-bond donors (Lipinski definition) is 2. The molecular weight excluding hydrogens is 212 g/mol. The SMILES string of the molecule is CCCCc1cc(-c2n[nH]c(=S)o2)n[nH]1. The van der Waals surface area contributed by atoms with Crippen molar-refractivity contribution in [1.82, 2.24) is 20.4 Å². The number of nitrogens with one attached hydrogen (secondary N) is 2. The van der Waals surface area contributed by atoms with E-state index in [1.165, 1.54) is 0 Å². The van der Waals surface area contributed by atoms with E-state index in [0.29, 0.717) is 11.6 Å². The molecule has 6 heteroatoms. The van der Waals surface area contributed by atoms with Gasteiger partial charge in [-0.3, -0.25) is 5.10 Å². The third kappa shape index (κ3) is 2.33. The molecular formula is C9H12N4OS. The number of aromatic amines is 2. The molecule has 0 saturated heterocycles. The largest absolute Gasteiger partial charge is 0.408 e. The average Bonchev–Trinajstić information content (AvgIpc) is 2.83. The van der Waals surface area contributed by atoms with Gasteiger partial charge in [0.05, 0.1) is 0 Å². The fraction of sp³-hybridized carbons (Fsp3) is 0.444. The fourth-order valence-corrected chi connectivity index (χ4v) is 1.43. The van der Waals surface area contributed by atoms with E-state index < -0.39 is 0 Å². The Bertz CT molecular complexity index is 484. The van der Waals surface area contributed by atoms with Crippen LogP contribution in [0, 0.1) is 4.84 Å². The van der Waals surface area contributed by atoms with Gasteiger partial charge in [0.15, 0.2) is 0 Å². The van der Waals surface area contributed by atoms with Gasteiger partial charge in [0, 0.05) is 5.69 Å². The summed E-state index contributed by atoms with van der Waals surface area (Å²) in [6.45, 7) is 2.16. The van der Waals surface area contributed by atoms with Gasteiger partial charge in [-0.15, -0.1) is 5.10 Å². The first-order valence-electron chi connectivity index (χ1n) is 4.89. The van der Waals surface area contributed by atoms with Crippen molar-refractivity contribution in [2.75, 3.05) is 0 Å². The van der Waals surface area contributed by atoms with E-state index in [4.69, 9.17) is 16.6 Å². The molecule has 0 spiro atoms. The summed E-state index contributed by atoms with van der Waals surface area (Å²) in [5, 5.41) is 13.5. The molecule has 0 aromatic carbocycles. The lowest BCUT2D eigenvalue weighted by molar-refractivity contribution is 0.549. The molecule has 2 rings (SSSR count). The molecule has 0 aliphatic carbocycles. The maximum Gasteiger partial charge on any atom is 0.284 e. The summed E-state index contributed by atoms with van der Waals surface area (Å²) in [5.41, 5.74) is 1.78. The molecule has 15 heavy (non-hydrogen) atoms. The highest BCUT2D eigenvalue weighted by Gasteiger charge is 2.08. The van der Waals surface area contributed by atoms with E-state index in [-0.39, 0.29) is 4.84 Å². The lowest BCUT2D eigenvalue weighted by atomic mass is 10.2. The summed E-state index contributed by atoms with van der Waals surface area (Å²) in [6, 6.07) is 1.93. The van der Waals surface area contributed by atoms with E-state index in [1.54, 1.807) is 0 Å². The molecule has 5 nitrogen and oxygen atoms in total. The van der Waals surface area contributed by atoms with E-state index in [0.717, 1.165) is 25.0 Å². The number of nitrogens with zero attached hydrogens (tertiary/aromatic N) is 2. The molecule has 2 heterocycles.